The minimum absolute atomic E-state index is 0.101. The normalized spacial score (nSPS) is 14.5. The van der Waals surface area contributed by atoms with Crippen LogP contribution in [0, 0.1) is 6.92 Å². The van der Waals surface area contributed by atoms with Gasteiger partial charge in [-0.15, -0.1) is 0 Å². The van der Waals surface area contributed by atoms with Crippen LogP contribution in [0.15, 0.2) is 40.8 Å². The third-order valence-electron chi connectivity index (χ3n) is 3.95. The van der Waals surface area contributed by atoms with Gasteiger partial charge in [0.15, 0.2) is 0 Å². The zero-order valence-electron chi connectivity index (χ0n) is 13.7. The summed E-state index contributed by atoms with van der Waals surface area (Å²) < 4.78 is 5.50. The molecule has 0 spiro atoms. The summed E-state index contributed by atoms with van der Waals surface area (Å²) in [6.07, 6.45) is 0. The fraction of sp³-hybridized carbons (Fsp3) is 0.333. The van der Waals surface area contributed by atoms with E-state index in [1.165, 1.54) is 0 Å². The molecule has 1 aliphatic rings. The van der Waals surface area contributed by atoms with Crippen LogP contribution in [0.25, 0.3) is 0 Å². The van der Waals surface area contributed by atoms with Gasteiger partial charge < -0.3 is 20.0 Å². The minimum atomic E-state index is -0.108. The van der Waals surface area contributed by atoms with Crippen molar-refractivity contribution in [3.63, 3.8) is 0 Å². The molecule has 24 heavy (non-hydrogen) atoms. The van der Waals surface area contributed by atoms with Crippen LogP contribution in [0.5, 0.6) is 0 Å². The van der Waals surface area contributed by atoms with Gasteiger partial charge >= 0.3 is 0 Å². The first-order chi connectivity index (χ1) is 11.6. The number of furan rings is 1. The van der Waals surface area contributed by atoms with E-state index >= 15 is 0 Å². The number of nitrogens with one attached hydrogen (secondary N) is 2. The van der Waals surface area contributed by atoms with Gasteiger partial charge in [0.2, 0.25) is 5.91 Å². The highest BCUT2D eigenvalue weighted by Gasteiger charge is 2.21. The Balaban J connectivity index is 1.53. The number of hydrogen-bond acceptors (Lipinski definition) is 4. The van der Waals surface area contributed by atoms with E-state index in [1.807, 2.05) is 43.3 Å². The summed E-state index contributed by atoms with van der Waals surface area (Å²) in [5.41, 5.74) is 1.70. The molecular weight excluding hydrogens is 306 g/mol. The number of benzene rings is 1. The first-order valence-electron chi connectivity index (χ1n) is 8.03. The molecule has 3 rings (SSSR count). The van der Waals surface area contributed by atoms with Gasteiger partial charge in [-0.2, -0.15) is 0 Å². The largest absolute Gasteiger partial charge is 0.465 e. The Labute approximate surface area is 140 Å². The average molecular weight is 327 g/mol. The first kappa shape index (κ1) is 16.3. The van der Waals surface area contributed by atoms with Gasteiger partial charge in [-0.1, -0.05) is 12.1 Å². The molecule has 0 atom stereocenters. The fourth-order valence-electron chi connectivity index (χ4n) is 2.67. The number of nitrogens with zero attached hydrogens (tertiary/aromatic N) is 1. The quantitative estimate of drug-likeness (QED) is 0.872. The summed E-state index contributed by atoms with van der Waals surface area (Å²) in [4.78, 5) is 25.3. The molecule has 1 aliphatic heterocycles. The van der Waals surface area contributed by atoms with Crippen LogP contribution >= 0.6 is 0 Å². The van der Waals surface area contributed by atoms with E-state index in [4.69, 9.17) is 4.42 Å². The number of hydrogen-bond donors (Lipinski definition) is 2. The molecule has 2 heterocycles. The number of carbonyl (C=O) groups excluding carboxylic acids is 2. The average Bonchev–Trinajstić information content (AvgIpc) is 3.00. The lowest BCUT2D eigenvalue weighted by molar-refractivity contribution is -0.123. The standard InChI is InChI=1S/C18H21N3O3/c1-13-2-7-16(24-13)11-19-10-14-3-5-15(6-4-14)18(23)21-9-8-20-17(22)12-21/h2-7,19H,8-12H2,1H3,(H,20,22). The smallest absolute Gasteiger partial charge is 0.254 e. The Bertz CT molecular complexity index is 721. The van der Waals surface area contributed by atoms with Crippen LogP contribution in [0.4, 0.5) is 0 Å². The van der Waals surface area contributed by atoms with E-state index < -0.39 is 0 Å². The summed E-state index contributed by atoms with van der Waals surface area (Å²) in [5, 5.41) is 6.02. The summed E-state index contributed by atoms with van der Waals surface area (Å²) in [6.45, 7) is 4.48. The van der Waals surface area contributed by atoms with E-state index in [0.717, 1.165) is 17.1 Å². The van der Waals surface area contributed by atoms with Crippen molar-refractivity contribution in [2.45, 2.75) is 20.0 Å². The van der Waals surface area contributed by atoms with Gasteiger partial charge in [0.25, 0.3) is 5.91 Å². The molecule has 6 nitrogen and oxygen atoms in total. The molecule has 6 heteroatoms. The second kappa shape index (κ2) is 7.31. The molecule has 126 valence electrons. The molecule has 0 unspecified atom stereocenters. The van der Waals surface area contributed by atoms with E-state index in [-0.39, 0.29) is 18.4 Å². The zero-order chi connectivity index (χ0) is 16.9. The second-order valence-corrected chi connectivity index (χ2v) is 5.89. The Morgan fingerprint density at radius 2 is 2.00 bits per heavy atom. The maximum atomic E-state index is 12.4. The lowest BCUT2D eigenvalue weighted by atomic mass is 10.1. The van der Waals surface area contributed by atoms with Crippen LogP contribution < -0.4 is 10.6 Å². The topological polar surface area (TPSA) is 74.6 Å². The molecule has 1 fully saturated rings. The minimum Gasteiger partial charge on any atom is -0.465 e. The molecule has 0 radical (unpaired) electrons. The molecule has 0 bridgehead atoms. The summed E-state index contributed by atoms with van der Waals surface area (Å²) in [6, 6.07) is 11.4. The molecule has 2 N–H and O–H groups in total. The van der Waals surface area contributed by atoms with Gasteiger partial charge in [0.1, 0.15) is 11.5 Å². The predicted molar refractivity (Wildman–Crippen MR) is 89.3 cm³/mol. The van der Waals surface area contributed by atoms with E-state index in [2.05, 4.69) is 10.6 Å². The molecular formula is C18H21N3O3. The van der Waals surface area contributed by atoms with Gasteiger partial charge in [-0.05, 0) is 36.8 Å². The molecule has 1 saturated heterocycles. The van der Waals surface area contributed by atoms with Gasteiger partial charge in [0, 0.05) is 25.2 Å². The van der Waals surface area contributed by atoms with Crippen LogP contribution in [0.1, 0.15) is 27.4 Å². The number of rotatable bonds is 5. The number of carbonyl (C=O) groups is 2. The van der Waals surface area contributed by atoms with E-state index in [1.54, 1.807) is 4.90 Å². The maximum Gasteiger partial charge on any atom is 0.254 e. The molecule has 1 aromatic carbocycles. The first-order valence-corrected chi connectivity index (χ1v) is 8.03. The summed E-state index contributed by atoms with van der Waals surface area (Å²) in [7, 11) is 0. The van der Waals surface area contributed by atoms with Crippen molar-refractivity contribution >= 4 is 11.8 Å². The predicted octanol–water partition coefficient (Wildman–Crippen LogP) is 1.45. The van der Waals surface area contributed by atoms with Gasteiger partial charge in [-0.3, -0.25) is 9.59 Å². The van der Waals surface area contributed by atoms with Gasteiger partial charge in [0.05, 0.1) is 13.1 Å². The third kappa shape index (κ3) is 4.02. The number of amides is 2. The van der Waals surface area contributed by atoms with Gasteiger partial charge in [-0.25, -0.2) is 0 Å². The fourth-order valence-corrected chi connectivity index (χ4v) is 2.67. The summed E-state index contributed by atoms with van der Waals surface area (Å²) in [5.74, 6) is 1.60. The van der Waals surface area contributed by atoms with Crippen LogP contribution in [0.2, 0.25) is 0 Å². The summed E-state index contributed by atoms with van der Waals surface area (Å²) >= 11 is 0. The maximum absolute atomic E-state index is 12.4. The van der Waals surface area contributed by atoms with Crippen LogP contribution in [-0.4, -0.2) is 36.3 Å². The number of aryl methyl sites for hydroxylation is 1. The molecule has 1 aromatic heterocycles. The highest BCUT2D eigenvalue weighted by atomic mass is 16.3. The Morgan fingerprint density at radius 3 is 2.67 bits per heavy atom. The highest BCUT2D eigenvalue weighted by molar-refractivity contribution is 5.97. The number of piperazine rings is 1. The van der Waals surface area contributed by atoms with Crippen LogP contribution in [-0.2, 0) is 17.9 Å². The molecule has 0 aliphatic carbocycles. The van der Waals surface area contributed by atoms with Crippen molar-refractivity contribution in [2.24, 2.45) is 0 Å². The van der Waals surface area contributed by atoms with Crippen LogP contribution in [0.3, 0.4) is 0 Å². The van der Waals surface area contributed by atoms with Crippen molar-refractivity contribution in [2.75, 3.05) is 19.6 Å². The van der Waals surface area contributed by atoms with E-state index in [0.29, 0.717) is 31.7 Å². The molecule has 2 aromatic rings. The van der Waals surface area contributed by atoms with Crippen molar-refractivity contribution in [3.05, 3.63) is 59.0 Å². The van der Waals surface area contributed by atoms with Crippen molar-refractivity contribution < 1.29 is 14.0 Å². The zero-order valence-corrected chi connectivity index (χ0v) is 13.7. The molecule has 2 amide bonds. The Kier molecular flexibility index (Phi) is 4.96. The highest BCUT2D eigenvalue weighted by Crippen LogP contribution is 2.10. The van der Waals surface area contributed by atoms with Crippen molar-refractivity contribution in [1.29, 1.82) is 0 Å². The third-order valence-corrected chi connectivity index (χ3v) is 3.95. The monoisotopic (exact) mass is 327 g/mol. The second-order valence-electron chi connectivity index (χ2n) is 5.89. The Morgan fingerprint density at radius 1 is 1.21 bits per heavy atom. The van der Waals surface area contributed by atoms with Crippen molar-refractivity contribution in [1.82, 2.24) is 15.5 Å². The molecule has 0 saturated carbocycles. The Hall–Kier alpha value is -2.60. The lowest BCUT2D eigenvalue weighted by Crippen LogP contribution is -2.49. The SMILES string of the molecule is Cc1ccc(CNCc2ccc(C(=O)N3CCNC(=O)C3)cc2)o1. The lowest BCUT2D eigenvalue weighted by Gasteiger charge is -2.26. The van der Waals surface area contributed by atoms with Crippen molar-refractivity contribution in [3.8, 4) is 0 Å². The van der Waals surface area contributed by atoms with E-state index in [9.17, 15) is 9.59 Å².